The Morgan fingerprint density at radius 2 is 2.17 bits per heavy atom. The van der Waals surface area contributed by atoms with Crippen molar-refractivity contribution in [3.8, 4) is 5.75 Å². The van der Waals surface area contributed by atoms with Crippen LogP contribution in [0.3, 0.4) is 0 Å². The number of benzene rings is 1. The van der Waals surface area contributed by atoms with Crippen molar-refractivity contribution in [3.63, 3.8) is 0 Å². The van der Waals surface area contributed by atoms with E-state index in [9.17, 15) is 4.79 Å². The van der Waals surface area contributed by atoms with Crippen molar-refractivity contribution in [2.75, 3.05) is 26.9 Å². The quantitative estimate of drug-likeness (QED) is 0.899. The van der Waals surface area contributed by atoms with E-state index in [2.05, 4.69) is 5.32 Å². The number of methoxy groups -OCH3 is 1. The van der Waals surface area contributed by atoms with E-state index in [0.717, 1.165) is 63.2 Å². The van der Waals surface area contributed by atoms with Crippen LogP contribution in [0.1, 0.15) is 37.7 Å². The van der Waals surface area contributed by atoms with Crippen molar-refractivity contribution in [2.45, 2.75) is 50.2 Å². The molecule has 1 aromatic rings. The number of hydrogen-bond donors (Lipinski definition) is 1. The maximum atomic E-state index is 12.3. The van der Waals surface area contributed by atoms with Crippen LogP contribution in [-0.2, 0) is 20.7 Å². The highest BCUT2D eigenvalue weighted by Gasteiger charge is 2.39. The smallest absolute Gasteiger partial charge is 0.220 e. The third-order valence-corrected chi connectivity index (χ3v) is 5.04. The lowest BCUT2D eigenvalue weighted by atomic mass is 9.84. The Hall–Kier alpha value is -1.59. The molecule has 0 saturated carbocycles. The minimum atomic E-state index is -0.0821. The van der Waals surface area contributed by atoms with E-state index in [1.54, 1.807) is 7.11 Å². The van der Waals surface area contributed by atoms with Gasteiger partial charge in [-0.15, -0.1) is 0 Å². The van der Waals surface area contributed by atoms with Gasteiger partial charge in [0.15, 0.2) is 0 Å². The summed E-state index contributed by atoms with van der Waals surface area (Å²) in [6.07, 6.45) is 4.90. The van der Waals surface area contributed by atoms with Gasteiger partial charge in [-0.2, -0.15) is 0 Å². The molecule has 132 valence electrons. The Morgan fingerprint density at radius 1 is 1.33 bits per heavy atom. The first kappa shape index (κ1) is 17.2. The molecule has 2 fully saturated rings. The Balaban J connectivity index is 1.47. The fourth-order valence-electron chi connectivity index (χ4n) is 3.63. The number of carbonyl (C=O) groups is 1. The van der Waals surface area contributed by atoms with E-state index in [4.69, 9.17) is 14.2 Å². The number of rotatable bonds is 5. The van der Waals surface area contributed by atoms with Crippen LogP contribution in [0.25, 0.3) is 0 Å². The molecule has 3 rings (SSSR count). The zero-order valence-corrected chi connectivity index (χ0v) is 14.4. The summed E-state index contributed by atoms with van der Waals surface area (Å²) < 4.78 is 16.7. The topological polar surface area (TPSA) is 56.8 Å². The summed E-state index contributed by atoms with van der Waals surface area (Å²) in [5.74, 6) is 0.950. The van der Waals surface area contributed by atoms with E-state index in [0.29, 0.717) is 6.42 Å². The van der Waals surface area contributed by atoms with E-state index in [1.807, 2.05) is 24.3 Å². The van der Waals surface area contributed by atoms with Gasteiger partial charge in [0.1, 0.15) is 5.75 Å². The molecule has 5 heteroatoms. The van der Waals surface area contributed by atoms with Crippen LogP contribution in [0.2, 0.25) is 0 Å². The molecule has 0 aromatic heterocycles. The summed E-state index contributed by atoms with van der Waals surface area (Å²) in [7, 11) is 1.66. The average molecular weight is 333 g/mol. The highest BCUT2D eigenvalue weighted by Crippen LogP contribution is 2.34. The lowest BCUT2D eigenvalue weighted by Gasteiger charge is -2.43. The average Bonchev–Trinajstić information content (AvgIpc) is 2.61. The first-order valence-electron chi connectivity index (χ1n) is 8.83. The molecular weight excluding hydrogens is 306 g/mol. The van der Waals surface area contributed by atoms with Crippen molar-refractivity contribution < 1.29 is 19.0 Å². The largest absolute Gasteiger partial charge is 0.497 e. The SMILES string of the molecule is COc1cccc(CCC(=O)N[C@@H]2CCOC3(CCOCC3)C2)c1. The summed E-state index contributed by atoms with van der Waals surface area (Å²) >= 11 is 0. The lowest BCUT2D eigenvalue weighted by molar-refractivity contribution is -0.144. The maximum absolute atomic E-state index is 12.3. The van der Waals surface area contributed by atoms with Crippen LogP contribution in [0.15, 0.2) is 24.3 Å². The highest BCUT2D eigenvalue weighted by atomic mass is 16.5. The molecule has 1 atom stereocenters. The molecule has 1 aromatic carbocycles. The minimum Gasteiger partial charge on any atom is -0.497 e. The van der Waals surface area contributed by atoms with Gasteiger partial charge in [-0.3, -0.25) is 4.79 Å². The number of aryl methyl sites for hydroxylation is 1. The normalized spacial score (nSPS) is 23.0. The molecular formula is C19H27NO4. The van der Waals surface area contributed by atoms with Gasteiger partial charge >= 0.3 is 0 Å². The fourth-order valence-corrected chi connectivity index (χ4v) is 3.63. The first-order chi connectivity index (χ1) is 11.7. The molecule has 2 aliphatic rings. The third kappa shape index (κ3) is 4.48. The Bertz CT molecular complexity index is 549. The predicted octanol–water partition coefficient (Wildman–Crippen LogP) is 2.47. The number of ether oxygens (including phenoxy) is 3. The van der Waals surface area contributed by atoms with Crippen molar-refractivity contribution >= 4 is 5.91 Å². The van der Waals surface area contributed by atoms with Crippen LogP contribution in [-0.4, -0.2) is 44.5 Å². The molecule has 0 bridgehead atoms. The third-order valence-electron chi connectivity index (χ3n) is 5.04. The second kappa shape index (κ2) is 7.99. The molecule has 1 spiro atoms. The molecule has 0 unspecified atom stereocenters. The van der Waals surface area contributed by atoms with Gasteiger partial charge < -0.3 is 19.5 Å². The first-order valence-corrected chi connectivity index (χ1v) is 8.83. The van der Waals surface area contributed by atoms with Gasteiger partial charge in [0, 0.05) is 32.3 Å². The second-order valence-corrected chi connectivity index (χ2v) is 6.75. The molecule has 1 N–H and O–H groups in total. The van der Waals surface area contributed by atoms with Gasteiger partial charge in [0.25, 0.3) is 0 Å². The number of amides is 1. The van der Waals surface area contributed by atoms with Gasteiger partial charge in [-0.25, -0.2) is 0 Å². The summed E-state index contributed by atoms with van der Waals surface area (Å²) in [5.41, 5.74) is 1.04. The number of hydrogen-bond acceptors (Lipinski definition) is 4. The number of nitrogens with one attached hydrogen (secondary N) is 1. The lowest BCUT2D eigenvalue weighted by Crippen LogP contribution is -2.51. The van der Waals surface area contributed by atoms with E-state index < -0.39 is 0 Å². The fraction of sp³-hybridized carbons (Fsp3) is 0.632. The minimum absolute atomic E-state index is 0.0821. The summed E-state index contributed by atoms with van der Waals surface area (Å²) in [6.45, 7) is 2.24. The van der Waals surface area contributed by atoms with E-state index in [1.165, 1.54) is 0 Å². The van der Waals surface area contributed by atoms with Gasteiger partial charge in [0.2, 0.25) is 5.91 Å². The van der Waals surface area contributed by atoms with Crippen LogP contribution < -0.4 is 10.1 Å². The summed E-state index contributed by atoms with van der Waals surface area (Å²) in [5, 5.41) is 3.20. The molecule has 5 nitrogen and oxygen atoms in total. The van der Waals surface area contributed by atoms with Gasteiger partial charge in [-0.1, -0.05) is 12.1 Å². The number of carbonyl (C=O) groups excluding carboxylic acids is 1. The molecule has 2 aliphatic heterocycles. The van der Waals surface area contributed by atoms with Crippen molar-refractivity contribution in [2.24, 2.45) is 0 Å². The van der Waals surface area contributed by atoms with Gasteiger partial charge in [-0.05, 0) is 49.8 Å². The van der Waals surface area contributed by atoms with Crippen LogP contribution in [0.4, 0.5) is 0 Å². The predicted molar refractivity (Wildman–Crippen MR) is 91.2 cm³/mol. The standard InChI is InChI=1S/C19H27NO4/c1-22-17-4-2-3-15(13-17)5-6-18(21)20-16-7-10-24-19(14-16)8-11-23-12-9-19/h2-4,13,16H,5-12,14H2,1H3,(H,20,21)/t16-/m1/s1. The van der Waals surface area contributed by atoms with Crippen LogP contribution in [0, 0.1) is 0 Å². The highest BCUT2D eigenvalue weighted by molar-refractivity contribution is 5.76. The Labute approximate surface area is 143 Å². The zero-order valence-electron chi connectivity index (χ0n) is 14.4. The molecule has 0 radical (unpaired) electrons. The van der Waals surface area contributed by atoms with Crippen LogP contribution in [0.5, 0.6) is 5.75 Å². The molecule has 1 amide bonds. The zero-order chi connectivity index (χ0) is 16.8. The Morgan fingerprint density at radius 3 is 2.96 bits per heavy atom. The van der Waals surface area contributed by atoms with Gasteiger partial charge in [0.05, 0.1) is 12.7 Å². The van der Waals surface area contributed by atoms with Crippen molar-refractivity contribution in [1.82, 2.24) is 5.32 Å². The van der Waals surface area contributed by atoms with Crippen molar-refractivity contribution in [3.05, 3.63) is 29.8 Å². The Kier molecular flexibility index (Phi) is 5.74. The molecule has 24 heavy (non-hydrogen) atoms. The maximum Gasteiger partial charge on any atom is 0.220 e. The summed E-state index contributed by atoms with van der Waals surface area (Å²) in [6, 6.07) is 8.10. The van der Waals surface area contributed by atoms with E-state index >= 15 is 0 Å². The van der Waals surface area contributed by atoms with Crippen LogP contribution >= 0.6 is 0 Å². The van der Waals surface area contributed by atoms with Crippen molar-refractivity contribution in [1.29, 1.82) is 0 Å². The van der Waals surface area contributed by atoms with E-state index in [-0.39, 0.29) is 17.6 Å². The summed E-state index contributed by atoms with van der Waals surface area (Å²) in [4.78, 5) is 12.3. The monoisotopic (exact) mass is 333 g/mol. The second-order valence-electron chi connectivity index (χ2n) is 6.75. The molecule has 2 heterocycles. The molecule has 0 aliphatic carbocycles. The molecule has 2 saturated heterocycles.